The van der Waals surface area contributed by atoms with Crippen LogP contribution in [0.5, 0.6) is 0 Å². The number of aromatic nitrogens is 3. The molecule has 0 bridgehead atoms. The first-order valence-electron chi connectivity index (χ1n) is 12.7. The Balaban J connectivity index is 1.44. The molecule has 9 nitrogen and oxygen atoms in total. The van der Waals surface area contributed by atoms with Crippen molar-refractivity contribution in [1.29, 1.82) is 0 Å². The lowest BCUT2D eigenvalue weighted by Crippen LogP contribution is -2.42. The Bertz CT molecular complexity index is 1840. The number of nitrogens with one attached hydrogen (secondary N) is 2. The van der Waals surface area contributed by atoms with Crippen LogP contribution in [0.1, 0.15) is 27.0 Å². The third-order valence-corrected chi connectivity index (χ3v) is 6.65. The molecule has 0 fully saturated rings. The van der Waals surface area contributed by atoms with Crippen molar-refractivity contribution in [3.8, 4) is 11.3 Å². The van der Waals surface area contributed by atoms with Gasteiger partial charge in [-0.1, -0.05) is 48.5 Å². The largest absolute Gasteiger partial charge is 0.396 e. The molecule has 0 unspecified atom stereocenters. The summed E-state index contributed by atoms with van der Waals surface area (Å²) in [6.45, 7) is -0.145. The van der Waals surface area contributed by atoms with Crippen LogP contribution in [0.2, 0.25) is 0 Å². The maximum atomic E-state index is 15.2. The summed E-state index contributed by atoms with van der Waals surface area (Å²) in [5, 5.41) is 18.8. The van der Waals surface area contributed by atoms with E-state index in [-0.39, 0.29) is 41.2 Å². The van der Waals surface area contributed by atoms with Crippen molar-refractivity contribution < 1.29 is 23.5 Å². The summed E-state index contributed by atoms with van der Waals surface area (Å²) >= 11 is 0. The van der Waals surface area contributed by atoms with Crippen LogP contribution in [0.3, 0.4) is 0 Å². The summed E-state index contributed by atoms with van der Waals surface area (Å²) in [6, 6.07) is 19.2. The summed E-state index contributed by atoms with van der Waals surface area (Å²) in [5.74, 6) is -2.84. The van der Waals surface area contributed by atoms with Gasteiger partial charge in [0.1, 0.15) is 22.9 Å². The topological polar surface area (TPSA) is 121 Å². The molecule has 6 rings (SSSR count). The Morgan fingerprint density at radius 2 is 1.83 bits per heavy atom. The van der Waals surface area contributed by atoms with Gasteiger partial charge in [0.15, 0.2) is 5.65 Å². The van der Waals surface area contributed by atoms with Gasteiger partial charge in [-0.25, -0.2) is 23.3 Å². The summed E-state index contributed by atoms with van der Waals surface area (Å²) in [5.41, 5.74) is 1.88. The van der Waals surface area contributed by atoms with Gasteiger partial charge in [-0.3, -0.25) is 9.59 Å². The highest BCUT2D eigenvalue weighted by atomic mass is 19.1. The summed E-state index contributed by atoms with van der Waals surface area (Å²) < 4.78 is 31.4. The lowest BCUT2D eigenvalue weighted by Gasteiger charge is -2.14. The molecule has 5 aromatic rings. The fraction of sp³-hybridized carbons (Fsp3) is 0.100. The number of carbonyl (C=O) groups excluding carboxylic acids is 2. The normalized spacial score (nSPS) is 14.7. The molecule has 3 heterocycles. The average molecular weight is 553 g/mol. The zero-order chi connectivity index (χ0) is 28.5. The highest BCUT2D eigenvalue weighted by Crippen LogP contribution is 2.30. The Morgan fingerprint density at radius 1 is 1.00 bits per heavy atom. The summed E-state index contributed by atoms with van der Waals surface area (Å²) in [7, 11) is 0. The van der Waals surface area contributed by atoms with Crippen molar-refractivity contribution in [3.63, 3.8) is 0 Å². The van der Waals surface area contributed by atoms with Crippen LogP contribution in [-0.2, 0) is 11.2 Å². The standard InChI is InChI=1S/C30H22F2N6O3/c31-21-9-4-8-20-24(18-6-2-1-3-7-18)34-27(30(41)35-25(20)21)36-29(40)23-26(37-38-14-5-13-33-28(23)38)19-11-10-17(12-15-39)16-22(19)32/h1-11,13-14,16,27,39H,12,15H2,(H,35,41)(H,36,40)/t27-/m1/s1. The fourth-order valence-corrected chi connectivity index (χ4v) is 4.74. The first-order chi connectivity index (χ1) is 19.9. The van der Waals surface area contributed by atoms with Crippen LogP contribution in [0, 0.1) is 11.6 Å². The number of benzene rings is 3. The maximum Gasteiger partial charge on any atom is 0.269 e. The van der Waals surface area contributed by atoms with Crippen molar-refractivity contribution in [2.24, 2.45) is 4.99 Å². The highest BCUT2D eigenvalue weighted by molar-refractivity contribution is 6.20. The van der Waals surface area contributed by atoms with E-state index in [2.05, 4.69) is 25.7 Å². The van der Waals surface area contributed by atoms with Gasteiger partial charge < -0.3 is 15.7 Å². The lowest BCUT2D eigenvalue weighted by molar-refractivity contribution is -0.117. The zero-order valence-electron chi connectivity index (χ0n) is 21.4. The second kappa shape index (κ2) is 10.7. The molecular formula is C30H22F2N6O3. The van der Waals surface area contributed by atoms with Gasteiger partial charge in [0, 0.05) is 35.7 Å². The molecule has 0 saturated heterocycles. The SMILES string of the molecule is O=C(N[C@H]1N=C(c2ccccc2)c2cccc(F)c2NC1=O)c1c(-c2ccc(CCO)cc2F)nn2cccnc12. The molecule has 3 N–H and O–H groups in total. The van der Waals surface area contributed by atoms with Gasteiger partial charge in [0.25, 0.3) is 11.8 Å². The van der Waals surface area contributed by atoms with Crippen molar-refractivity contribution in [2.75, 3.05) is 11.9 Å². The van der Waals surface area contributed by atoms with Crippen LogP contribution < -0.4 is 10.6 Å². The number of anilines is 1. The highest BCUT2D eigenvalue weighted by Gasteiger charge is 2.31. The number of fused-ring (bicyclic) bond motifs is 2. The average Bonchev–Trinajstić information content (AvgIpc) is 3.29. The molecule has 41 heavy (non-hydrogen) atoms. The van der Waals surface area contributed by atoms with Crippen LogP contribution in [0.15, 0.2) is 90.2 Å². The second-order valence-corrected chi connectivity index (χ2v) is 9.27. The molecule has 204 valence electrons. The van der Waals surface area contributed by atoms with Crippen LogP contribution >= 0.6 is 0 Å². The number of carbonyl (C=O) groups is 2. The van der Waals surface area contributed by atoms with Crippen LogP contribution in [0.4, 0.5) is 14.5 Å². The van der Waals surface area contributed by atoms with Crippen molar-refractivity contribution >= 4 is 28.9 Å². The Kier molecular flexibility index (Phi) is 6.78. The van der Waals surface area contributed by atoms with Crippen LogP contribution in [-0.4, -0.2) is 50.0 Å². The molecule has 0 spiro atoms. The quantitative estimate of drug-likeness (QED) is 0.296. The van der Waals surface area contributed by atoms with E-state index in [4.69, 9.17) is 0 Å². The van der Waals surface area contributed by atoms with Crippen molar-refractivity contribution in [2.45, 2.75) is 12.6 Å². The molecule has 0 aliphatic carbocycles. The number of nitrogens with zero attached hydrogens (tertiary/aromatic N) is 4. The molecule has 11 heteroatoms. The van der Waals surface area contributed by atoms with E-state index in [1.165, 1.54) is 35.0 Å². The number of rotatable bonds is 6. The van der Waals surface area contributed by atoms with E-state index in [9.17, 15) is 19.1 Å². The predicted octanol–water partition coefficient (Wildman–Crippen LogP) is 3.75. The number of hydrogen-bond donors (Lipinski definition) is 3. The monoisotopic (exact) mass is 552 g/mol. The second-order valence-electron chi connectivity index (χ2n) is 9.27. The third kappa shape index (κ3) is 4.83. The summed E-state index contributed by atoms with van der Waals surface area (Å²) in [4.78, 5) is 35.9. The number of amides is 2. The number of aliphatic hydroxyl groups excluding tert-OH is 1. The Hall–Kier alpha value is -5.29. The van der Waals surface area contributed by atoms with Crippen molar-refractivity contribution in [3.05, 3.63) is 119 Å². The smallest absolute Gasteiger partial charge is 0.269 e. The first-order valence-corrected chi connectivity index (χ1v) is 12.7. The number of aliphatic imine (C=N–C) groups is 1. The van der Waals surface area contributed by atoms with Gasteiger partial charge in [0.05, 0.1) is 11.4 Å². The zero-order valence-corrected chi connectivity index (χ0v) is 21.4. The minimum atomic E-state index is -1.47. The molecule has 1 atom stereocenters. The molecule has 2 aromatic heterocycles. The lowest BCUT2D eigenvalue weighted by atomic mass is 10.0. The molecule has 0 saturated carbocycles. The van der Waals surface area contributed by atoms with E-state index >= 15 is 4.39 Å². The number of para-hydroxylation sites is 1. The molecule has 0 radical (unpaired) electrons. The van der Waals surface area contributed by atoms with E-state index in [1.807, 2.05) is 6.07 Å². The molecule has 3 aromatic carbocycles. The molecule has 1 aliphatic rings. The first kappa shape index (κ1) is 26.0. The van der Waals surface area contributed by atoms with Gasteiger partial charge >= 0.3 is 0 Å². The number of halogens is 2. The minimum Gasteiger partial charge on any atom is -0.396 e. The van der Waals surface area contributed by atoms with E-state index < -0.39 is 29.6 Å². The molecule has 1 aliphatic heterocycles. The van der Waals surface area contributed by atoms with E-state index in [0.29, 0.717) is 22.4 Å². The number of aliphatic hydroxyl groups is 1. The van der Waals surface area contributed by atoms with Gasteiger partial charge in [-0.05, 0) is 36.2 Å². The van der Waals surface area contributed by atoms with Gasteiger partial charge in [0.2, 0.25) is 6.17 Å². The van der Waals surface area contributed by atoms with E-state index in [0.717, 1.165) is 0 Å². The number of hydrogen-bond acceptors (Lipinski definition) is 6. The molecular weight excluding hydrogens is 530 g/mol. The van der Waals surface area contributed by atoms with Gasteiger partial charge in [-0.15, -0.1) is 0 Å². The van der Waals surface area contributed by atoms with Crippen LogP contribution in [0.25, 0.3) is 16.9 Å². The Labute approximate surface area is 232 Å². The molecule has 2 amide bonds. The van der Waals surface area contributed by atoms with E-state index in [1.54, 1.807) is 48.7 Å². The number of benzodiazepines with no additional fused rings is 1. The minimum absolute atomic E-state index is 0.00451. The summed E-state index contributed by atoms with van der Waals surface area (Å²) in [6.07, 6.45) is 1.82. The van der Waals surface area contributed by atoms with Crippen molar-refractivity contribution in [1.82, 2.24) is 19.9 Å². The maximum absolute atomic E-state index is 15.2. The Morgan fingerprint density at radius 3 is 2.61 bits per heavy atom. The van der Waals surface area contributed by atoms with Gasteiger partial charge in [-0.2, -0.15) is 5.10 Å². The predicted molar refractivity (Wildman–Crippen MR) is 148 cm³/mol. The third-order valence-electron chi connectivity index (χ3n) is 6.65. The fourth-order valence-electron chi connectivity index (χ4n) is 4.74.